The molecule has 0 spiro atoms. The number of benzene rings is 1. The topological polar surface area (TPSA) is 51.7 Å². The first-order chi connectivity index (χ1) is 12.6. The highest BCUT2D eigenvalue weighted by molar-refractivity contribution is 5.78. The number of hydrogen-bond acceptors (Lipinski definition) is 4. The number of nitrogens with zero attached hydrogens (tertiary/aromatic N) is 2. The number of hydrogen-bond donors (Lipinski definition) is 0. The van der Waals surface area contributed by atoms with Gasteiger partial charge in [-0.15, -0.1) is 0 Å². The molecule has 0 aliphatic carbocycles. The van der Waals surface area contributed by atoms with Gasteiger partial charge in [0, 0.05) is 37.4 Å². The molecule has 1 fully saturated rings. The average Bonchev–Trinajstić information content (AvgIpc) is 3.00. The number of likely N-dealkylation sites (tertiary alicyclic amines) is 1. The second kappa shape index (κ2) is 8.32. The van der Waals surface area contributed by atoms with Crippen molar-refractivity contribution in [2.45, 2.75) is 33.3 Å². The van der Waals surface area contributed by atoms with Crippen LogP contribution in [0.25, 0.3) is 11.1 Å². The summed E-state index contributed by atoms with van der Waals surface area (Å²) in [5, 5.41) is 0. The summed E-state index contributed by atoms with van der Waals surface area (Å²) < 4.78 is 11.0. The monoisotopic (exact) mass is 354 g/mol. The van der Waals surface area contributed by atoms with Gasteiger partial charge in [-0.2, -0.15) is 0 Å². The van der Waals surface area contributed by atoms with Gasteiger partial charge in [0.05, 0.1) is 13.2 Å². The van der Waals surface area contributed by atoms with Crippen LogP contribution >= 0.6 is 0 Å². The SMILES string of the molecule is COCc1cccc(-c2c(C)cc(OCCN3CCCC3=O)nc2C)c1. The standard InChI is InChI=1S/C21H26N2O3/c1-15-12-19(26-11-10-23-9-5-8-20(23)24)22-16(2)21(15)18-7-4-6-17(13-18)14-25-3/h4,6-7,12-13H,5,8-11,14H2,1-3H3. The number of aromatic nitrogens is 1. The first-order valence-electron chi connectivity index (χ1n) is 9.05. The minimum Gasteiger partial charge on any atom is -0.476 e. The predicted molar refractivity (Wildman–Crippen MR) is 101 cm³/mol. The number of carbonyl (C=O) groups is 1. The Morgan fingerprint density at radius 2 is 2.08 bits per heavy atom. The molecule has 0 N–H and O–H groups in total. The van der Waals surface area contributed by atoms with Gasteiger partial charge in [-0.1, -0.05) is 18.2 Å². The molecule has 1 aliphatic rings. The summed E-state index contributed by atoms with van der Waals surface area (Å²) in [6.45, 7) is 6.60. The van der Waals surface area contributed by atoms with Crippen LogP contribution in [0.5, 0.6) is 5.88 Å². The van der Waals surface area contributed by atoms with Crippen LogP contribution in [0.15, 0.2) is 30.3 Å². The summed E-state index contributed by atoms with van der Waals surface area (Å²) in [4.78, 5) is 18.1. The molecule has 0 radical (unpaired) electrons. The van der Waals surface area contributed by atoms with Crippen molar-refractivity contribution in [2.24, 2.45) is 0 Å². The molecule has 1 aromatic carbocycles. The Balaban J connectivity index is 1.71. The van der Waals surface area contributed by atoms with Crippen LogP contribution in [0.1, 0.15) is 29.7 Å². The van der Waals surface area contributed by atoms with Gasteiger partial charge in [0.1, 0.15) is 6.61 Å². The molecule has 2 heterocycles. The van der Waals surface area contributed by atoms with Crippen LogP contribution in [-0.4, -0.2) is 42.6 Å². The highest BCUT2D eigenvalue weighted by atomic mass is 16.5. The van der Waals surface area contributed by atoms with E-state index in [0.717, 1.165) is 40.9 Å². The highest BCUT2D eigenvalue weighted by Gasteiger charge is 2.19. The lowest BCUT2D eigenvalue weighted by Gasteiger charge is -2.17. The van der Waals surface area contributed by atoms with Crippen molar-refractivity contribution in [3.63, 3.8) is 0 Å². The minimum absolute atomic E-state index is 0.222. The molecule has 26 heavy (non-hydrogen) atoms. The van der Waals surface area contributed by atoms with E-state index >= 15 is 0 Å². The van der Waals surface area contributed by atoms with Crippen LogP contribution in [0.2, 0.25) is 0 Å². The third-order valence-corrected chi connectivity index (χ3v) is 4.68. The molecule has 0 bridgehead atoms. The summed E-state index contributed by atoms with van der Waals surface area (Å²) in [5.74, 6) is 0.837. The first-order valence-corrected chi connectivity index (χ1v) is 9.05. The molecule has 0 saturated carbocycles. The van der Waals surface area contributed by atoms with Crippen molar-refractivity contribution >= 4 is 5.91 Å². The fourth-order valence-corrected chi connectivity index (χ4v) is 3.49. The van der Waals surface area contributed by atoms with Gasteiger partial charge in [-0.3, -0.25) is 4.79 Å². The number of amides is 1. The number of carbonyl (C=O) groups excluding carboxylic acids is 1. The van der Waals surface area contributed by atoms with E-state index in [4.69, 9.17) is 9.47 Å². The normalized spacial score (nSPS) is 14.1. The maximum atomic E-state index is 11.6. The second-order valence-electron chi connectivity index (χ2n) is 6.70. The zero-order chi connectivity index (χ0) is 18.5. The van der Waals surface area contributed by atoms with Crippen LogP contribution < -0.4 is 4.74 Å². The van der Waals surface area contributed by atoms with E-state index in [-0.39, 0.29) is 5.91 Å². The van der Waals surface area contributed by atoms with Gasteiger partial charge in [0.25, 0.3) is 0 Å². The summed E-state index contributed by atoms with van der Waals surface area (Å²) in [5.41, 5.74) is 5.46. The largest absolute Gasteiger partial charge is 0.476 e. The molecule has 5 heteroatoms. The minimum atomic E-state index is 0.222. The van der Waals surface area contributed by atoms with Crippen LogP contribution in [-0.2, 0) is 16.1 Å². The third kappa shape index (κ3) is 4.22. The van der Waals surface area contributed by atoms with Crippen molar-refractivity contribution < 1.29 is 14.3 Å². The molecular formula is C21H26N2O3. The van der Waals surface area contributed by atoms with E-state index in [9.17, 15) is 4.79 Å². The van der Waals surface area contributed by atoms with Gasteiger partial charge in [0.2, 0.25) is 11.8 Å². The molecule has 5 nitrogen and oxygen atoms in total. The maximum absolute atomic E-state index is 11.6. The van der Waals surface area contributed by atoms with E-state index < -0.39 is 0 Å². The van der Waals surface area contributed by atoms with Gasteiger partial charge in [-0.05, 0) is 43.0 Å². The lowest BCUT2D eigenvalue weighted by Crippen LogP contribution is -2.29. The second-order valence-corrected chi connectivity index (χ2v) is 6.70. The van der Waals surface area contributed by atoms with E-state index in [0.29, 0.717) is 32.1 Å². The lowest BCUT2D eigenvalue weighted by molar-refractivity contribution is -0.128. The Kier molecular flexibility index (Phi) is 5.89. The fraction of sp³-hybridized carbons (Fsp3) is 0.429. The van der Waals surface area contributed by atoms with Crippen molar-refractivity contribution in [3.05, 3.63) is 47.2 Å². The lowest BCUT2D eigenvalue weighted by atomic mass is 9.98. The molecule has 138 valence electrons. The molecule has 0 unspecified atom stereocenters. The predicted octanol–water partition coefficient (Wildman–Crippen LogP) is 3.51. The van der Waals surface area contributed by atoms with Gasteiger partial charge >= 0.3 is 0 Å². The maximum Gasteiger partial charge on any atom is 0.222 e. The van der Waals surface area contributed by atoms with Crippen molar-refractivity contribution in [1.82, 2.24) is 9.88 Å². The Morgan fingerprint density at radius 1 is 1.23 bits per heavy atom. The number of ether oxygens (including phenoxy) is 2. The molecule has 1 aliphatic heterocycles. The highest BCUT2D eigenvalue weighted by Crippen LogP contribution is 2.29. The number of methoxy groups -OCH3 is 1. The van der Waals surface area contributed by atoms with E-state index in [2.05, 4.69) is 30.1 Å². The van der Waals surface area contributed by atoms with Crippen molar-refractivity contribution in [3.8, 4) is 17.0 Å². The number of rotatable bonds is 7. The molecule has 1 aromatic heterocycles. The Labute approximate surface area is 155 Å². The molecular weight excluding hydrogens is 328 g/mol. The molecule has 3 rings (SSSR count). The molecule has 2 aromatic rings. The van der Waals surface area contributed by atoms with Gasteiger partial charge < -0.3 is 14.4 Å². The van der Waals surface area contributed by atoms with Gasteiger partial charge in [0.15, 0.2) is 0 Å². The molecule has 0 atom stereocenters. The van der Waals surface area contributed by atoms with Crippen molar-refractivity contribution in [2.75, 3.05) is 26.8 Å². The van der Waals surface area contributed by atoms with Crippen molar-refractivity contribution in [1.29, 1.82) is 0 Å². The van der Waals surface area contributed by atoms with E-state index in [1.165, 1.54) is 0 Å². The van der Waals surface area contributed by atoms with E-state index in [1.807, 2.05) is 24.0 Å². The average molecular weight is 354 g/mol. The summed E-state index contributed by atoms with van der Waals surface area (Å²) in [6.07, 6.45) is 1.61. The summed E-state index contributed by atoms with van der Waals surface area (Å²) in [7, 11) is 1.70. The smallest absolute Gasteiger partial charge is 0.222 e. The van der Waals surface area contributed by atoms with Crippen LogP contribution in [0.4, 0.5) is 0 Å². The molecule has 1 saturated heterocycles. The third-order valence-electron chi connectivity index (χ3n) is 4.68. The Hall–Kier alpha value is -2.40. The van der Waals surface area contributed by atoms with Crippen LogP contribution in [0, 0.1) is 13.8 Å². The van der Waals surface area contributed by atoms with E-state index in [1.54, 1.807) is 7.11 Å². The molecule has 1 amide bonds. The van der Waals surface area contributed by atoms with Crippen LogP contribution in [0.3, 0.4) is 0 Å². The quantitative estimate of drug-likeness (QED) is 0.763. The number of aryl methyl sites for hydroxylation is 2. The fourth-order valence-electron chi connectivity index (χ4n) is 3.49. The first kappa shape index (κ1) is 18.4. The number of pyridine rings is 1. The Morgan fingerprint density at radius 3 is 2.77 bits per heavy atom. The summed E-state index contributed by atoms with van der Waals surface area (Å²) >= 11 is 0. The Bertz CT molecular complexity index is 766. The summed E-state index contributed by atoms with van der Waals surface area (Å²) in [6, 6.07) is 10.3. The zero-order valence-corrected chi connectivity index (χ0v) is 15.7. The zero-order valence-electron chi connectivity index (χ0n) is 15.7. The van der Waals surface area contributed by atoms with Gasteiger partial charge in [-0.25, -0.2) is 4.98 Å².